The van der Waals surface area contributed by atoms with E-state index in [9.17, 15) is 0 Å². The maximum absolute atomic E-state index is 8.82. The molecule has 0 spiro atoms. The Labute approximate surface area is 80.8 Å². The van der Waals surface area contributed by atoms with Gasteiger partial charge in [-0.1, -0.05) is 15.9 Å². The molecule has 1 fully saturated rings. The largest absolute Gasteiger partial charge is 0.387 e. The smallest absolute Gasteiger partial charge is 0.0966 e. The molecule has 64 valence electrons. The van der Waals surface area contributed by atoms with Crippen molar-refractivity contribution in [2.45, 2.75) is 30.1 Å². The number of rotatable bonds is 0. The van der Waals surface area contributed by atoms with Gasteiger partial charge >= 0.3 is 0 Å². The molecule has 3 unspecified atom stereocenters. The van der Waals surface area contributed by atoms with Crippen molar-refractivity contribution < 1.29 is 0 Å². The number of nitriles is 1. The average Bonchev–Trinajstić information content (AvgIpc) is 2.46. The lowest BCUT2D eigenvalue weighted by Crippen LogP contribution is -2.33. The topological polar surface area (TPSA) is 35.8 Å². The lowest BCUT2D eigenvalue weighted by Gasteiger charge is -2.29. The molecular formula is C9H11BrN2. The van der Waals surface area contributed by atoms with Crippen LogP contribution in [0.4, 0.5) is 0 Å². The van der Waals surface area contributed by atoms with Crippen LogP contribution in [0.5, 0.6) is 0 Å². The van der Waals surface area contributed by atoms with Crippen LogP contribution >= 0.6 is 15.9 Å². The molecule has 0 aromatic carbocycles. The predicted molar refractivity (Wildman–Crippen MR) is 50.7 cm³/mol. The molecule has 0 bridgehead atoms. The molecule has 2 nitrogen and oxygen atoms in total. The fraction of sp³-hybridized carbons (Fsp3) is 0.667. The van der Waals surface area contributed by atoms with E-state index in [1.165, 1.54) is 12.8 Å². The van der Waals surface area contributed by atoms with Crippen molar-refractivity contribution in [1.82, 2.24) is 5.32 Å². The molecule has 2 aliphatic rings. The fourth-order valence-electron chi connectivity index (χ4n) is 2.08. The average molecular weight is 227 g/mol. The van der Waals surface area contributed by atoms with Gasteiger partial charge in [0.2, 0.25) is 0 Å². The summed E-state index contributed by atoms with van der Waals surface area (Å²) in [6, 6.07) is 2.80. The summed E-state index contributed by atoms with van der Waals surface area (Å²) < 4.78 is 0. The van der Waals surface area contributed by atoms with Crippen molar-refractivity contribution in [2.24, 2.45) is 5.92 Å². The van der Waals surface area contributed by atoms with E-state index in [-0.39, 0.29) is 0 Å². The molecule has 1 saturated carbocycles. The van der Waals surface area contributed by atoms with Gasteiger partial charge in [0.1, 0.15) is 0 Å². The van der Waals surface area contributed by atoms with E-state index in [1.54, 1.807) is 0 Å². The van der Waals surface area contributed by atoms with Gasteiger partial charge in [0.05, 0.1) is 11.6 Å². The summed E-state index contributed by atoms with van der Waals surface area (Å²) in [6.07, 6.45) is 5.40. The Hall–Kier alpha value is -0.490. The van der Waals surface area contributed by atoms with Gasteiger partial charge in [0, 0.05) is 23.0 Å². The Balaban J connectivity index is 2.12. The highest BCUT2D eigenvalue weighted by Gasteiger charge is 2.34. The van der Waals surface area contributed by atoms with Crippen LogP contribution < -0.4 is 5.32 Å². The number of fused-ring (bicyclic) bond motifs is 1. The highest BCUT2D eigenvalue weighted by Crippen LogP contribution is 2.36. The van der Waals surface area contributed by atoms with Crippen LogP contribution in [-0.4, -0.2) is 10.9 Å². The van der Waals surface area contributed by atoms with Crippen LogP contribution in [0, 0.1) is 17.2 Å². The summed E-state index contributed by atoms with van der Waals surface area (Å²) in [5.74, 6) is 0.466. The van der Waals surface area contributed by atoms with Crippen LogP contribution in [0.15, 0.2) is 11.8 Å². The highest BCUT2D eigenvalue weighted by atomic mass is 79.9. The molecule has 3 heteroatoms. The number of alkyl halides is 1. The quantitative estimate of drug-likeness (QED) is 0.642. The molecule has 1 heterocycles. The second-order valence-corrected chi connectivity index (χ2v) is 4.80. The van der Waals surface area contributed by atoms with Crippen LogP contribution in [0.1, 0.15) is 19.3 Å². The summed E-state index contributed by atoms with van der Waals surface area (Å²) in [4.78, 5) is 0.607. The van der Waals surface area contributed by atoms with E-state index in [1.807, 2.05) is 6.20 Å². The Morgan fingerprint density at radius 1 is 1.58 bits per heavy atom. The van der Waals surface area contributed by atoms with Gasteiger partial charge < -0.3 is 5.32 Å². The summed E-state index contributed by atoms with van der Waals surface area (Å²) in [5, 5.41) is 12.1. The number of halogens is 1. The lowest BCUT2D eigenvalue weighted by atomic mass is 9.82. The zero-order valence-electron chi connectivity index (χ0n) is 6.76. The first-order valence-electron chi connectivity index (χ1n) is 4.31. The van der Waals surface area contributed by atoms with Gasteiger partial charge in [0.15, 0.2) is 0 Å². The highest BCUT2D eigenvalue weighted by molar-refractivity contribution is 9.09. The minimum atomic E-state index is 0.466. The molecule has 0 radical (unpaired) electrons. The molecule has 1 aliphatic heterocycles. The molecule has 1 aliphatic carbocycles. The van der Waals surface area contributed by atoms with Crippen molar-refractivity contribution in [3.63, 3.8) is 0 Å². The second kappa shape index (κ2) is 3.10. The van der Waals surface area contributed by atoms with Crippen LogP contribution in [0.25, 0.3) is 0 Å². The van der Waals surface area contributed by atoms with Gasteiger partial charge in [0.25, 0.3) is 0 Å². The third-order valence-electron chi connectivity index (χ3n) is 2.77. The molecule has 12 heavy (non-hydrogen) atoms. The molecule has 0 aromatic heterocycles. The monoisotopic (exact) mass is 226 g/mol. The normalized spacial score (nSPS) is 39.3. The second-order valence-electron chi connectivity index (χ2n) is 3.50. The van der Waals surface area contributed by atoms with Gasteiger partial charge in [-0.2, -0.15) is 5.26 Å². The molecular weight excluding hydrogens is 216 g/mol. The van der Waals surface area contributed by atoms with Gasteiger partial charge in [-0.05, 0) is 19.3 Å². The third kappa shape index (κ3) is 1.25. The number of nitrogens with one attached hydrogen (secondary N) is 1. The van der Waals surface area contributed by atoms with Crippen LogP contribution in [0.3, 0.4) is 0 Å². The summed E-state index contributed by atoms with van der Waals surface area (Å²) >= 11 is 3.62. The molecule has 1 N–H and O–H groups in total. The summed E-state index contributed by atoms with van der Waals surface area (Å²) in [6.45, 7) is 0. The van der Waals surface area contributed by atoms with Gasteiger partial charge in [-0.25, -0.2) is 0 Å². The third-order valence-corrected chi connectivity index (χ3v) is 3.60. The minimum absolute atomic E-state index is 0.466. The molecule has 0 amide bonds. The maximum Gasteiger partial charge on any atom is 0.0966 e. The zero-order chi connectivity index (χ0) is 8.55. The molecule has 0 aromatic rings. The zero-order valence-corrected chi connectivity index (χ0v) is 8.34. The summed E-state index contributed by atoms with van der Waals surface area (Å²) in [5.41, 5.74) is 0.934. The number of nitrogens with zero attached hydrogens (tertiary/aromatic N) is 1. The predicted octanol–water partition coefficient (Wildman–Crippen LogP) is 1.93. The van der Waals surface area contributed by atoms with Crippen molar-refractivity contribution in [3.8, 4) is 6.07 Å². The summed E-state index contributed by atoms with van der Waals surface area (Å²) in [7, 11) is 0. The first-order valence-corrected chi connectivity index (χ1v) is 5.23. The maximum atomic E-state index is 8.82. The Kier molecular flexibility index (Phi) is 2.10. The first-order chi connectivity index (χ1) is 5.81. The van der Waals surface area contributed by atoms with E-state index in [4.69, 9.17) is 5.26 Å². The van der Waals surface area contributed by atoms with Crippen molar-refractivity contribution in [2.75, 3.05) is 0 Å². The van der Waals surface area contributed by atoms with E-state index in [0.29, 0.717) is 16.8 Å². The van der Waals surface area contributed by atoms with Crippen LogP contribution in [0.2, 0.25) is 0 Å². The Morgan fingerprint density at radius 3 is 3.17 bits per heavy atom. The molecule has 2 rings (SSSR count). The lowest BCUT2D eigenvalue weighted by molar-refractivity contribution is 0.355. The van der Waals surface area contributed by atoms with E-state index in [0.717, 1.165) is 12.0 Å². The minimum Gasteiger partial charge on any atom is -0.387 e. The molecule has 3 atom stereocenters. The van der Waals surface area contributed by atoms with Gasteiger partial charge in [-0.15, -0.1) is 0 Å². The van der Waals surface area contributed by atoms with E-state index < -0.39 is 0 Å². The van der Waals surface area contributed by atoms with Crippen LogP contribution in [-0.2, 0) is 0 Å². The number of hydrogen-bond acceptors (Lipinski definition) is 2. The number of hydrogen-bond donors (Lipinski definition) is 1. The van der Waals surface area contributed by atoms with E-state index in [2.05, 4.69) is 27.3 Å². The first kappa shape index (κ1) is 8.12. The van der Waals surface area contributed by atoms with Gasteiger partial charge in [-0.3, -0.25) is 0 Å². The Morgan fingerprint density at radius 2 is 2.42 bits per heavy atom. The van der Waals surface area contributed by atoms with Crippen molar-refractivity contribution in [3.05, 3.63) is 11.8 Å². The van der Waals surface area contributed by atoms with Crippen molar-refractivity contribution in [1.29, 1.82) is 5.26 Å². The SMILES string of the molecule is N#CC1=CNC2CCC(Br)CC12. The molecule has 0 saturated heterocycles. The fourth-order valence-corrected chi connectivity index (χ4v) is 2.75. The standard InChI is InChI=1S/C9H11BrN2/c10-7-1-2-9-8(3-7)6(4-11)5-12-9/h5,7-9,12H,1-3H2. The van der Waals surface area contributed by atoms with Crippen molar-refractivity contribution >= 4 is 15.9 Å². The Bertz CT molecular complexity index is 254. The van der Waals surface area contributed by atoms with E-state index >= 15 is 0 Å².